The Bertz CT molecular complexity index is 642. The Morgan fingerprint density at radius 2 is 2.04 bits per heavy atom. The van der Waals surface area contributed by atoms with E-state index in [0.717, 1.165) is 34.4 Å². The monoisotopic (exact) mass is 364 g/mol. The van der Waals surface area contributed by atoms with Crippen LogP contribution in [0.2, 0.25) is 0 Å². The highest BCUT2D eigenvalue weighted by atomic mass is 32.2. The molecule has 0 unspecified atom stereocenters. The van der Waals surface area contributed by atoms with Crippen LogP contribution in [0.15, 0.2) is 28.6 Å². The lowest BCUT2D eigenvalue weighted by Gasteiger charge is -2.16. The summed E-state index contributed by atoms with van der Waals surface area (Å²) in [6.45, 7) is 5.75. The molecular formula is C17H24N4OS2. The zero-order valence-electron chi connectivity index (χ0n) is 14.4. The first-order valence-electron chi connectivity index (χ1n) is 8.08. The molecule has 1 aromatic carbocycles. The van der Waals surface area contributed by atoms with E-state index in [2.05, 4.69) is 53.6 Å². The number of rotatable bonds is 9. The molecule has 0 fully saturated rings. The fourth-order valence-corrected chi connectivity index (χ4v) is 3.72. The van der Waals surface area contributed by atoms with Crippen molar-refractivity contribution < 1.29 is 4.79 Å². The maximum Gasteiger partial charge on any atom is 0.233 e. The number of benzene rings is 1. The van der Waals surface area contributed by atoms with Crippen LogP contribution in [-0.4, -0.2) is 40.3 Å². The van der Waals surface area contributed by atoms with Gasteiger partial charge in [-0.1, -0.05) is 66.3 Å². The largest absolute Gasteiger partial charge is 0.360 e. The highest BCUT2D eigenvalue weighted by Gasteiger charge is 2.12. The molecule has 1 N–H and O–H groups in total. The first kappa shape index (κ1) is 18.7. The van der Waals surface area contributed by atoms with Crippen LogP contribution in [-0.2, 0) is 11.3 Å². The minimum Gasteiger partial charge on any atom is -0.360 e. The molecule has 0 bridgehead atoms. The van der Waals surface area contributed by atoms with E-state index in [-0.39, 0.29) is 5.91 Å². The molecule has 0 saturated carbocycles. The van der Waals surface area contributed by atoms with Gasteiger partial charge in [-0.15, -0.1) is 10.2 Å². The maximum atomic E-state index is 12.3. The summed E-state index contributed by atoms with van der Waals surface area (Å²) in [6, 6.07) is 8.25. The molecule has 0 saturated heterocycles. The molecule has 1 amide bonds. The van der Waals surface area contributed by atoms with Crippen LogP contribution in [0.5, 0.6) is 0 Å². The van der Waals surface area contributed by atoms with E-state index in [9.17, 15) is 4.79 Å². The van der Waals surface area contributed by atoms with Crippen molar-refractivity contribution in [2.75, 3.05) is 24.7 Å². The molecule has 0 atom stereocenters. The maximum absolute atomic E-state index is 12.3. The first-order valence-corrected chi connectivity index (χ1v) is 9.88. The van der Waals surface area contributed by atoms with E-state index in [4.69, 9.17) is 0 Å². The topological polar surface area (TPSA) is 58.1 Å². The van der Waals surface area contributed by atoms with Crippen molar-refractivity contribution in [3.8, 4) is 0 Å². The Hall–Kier alpha value is -1.60. The van der Waals surface area contributed by atoms with Gasteiger partial charge < -0.3 is 10.2 Å². The molecule has 24 heavy (non-hydrogen) atoms. The molecule has 0 aliphatic carbocycles. The molecular weight excluding hydrogens is 340 g/mol. The van der Waals surface area contributed by atoms with Gasteiger partial charge in [0, 0.05) is 20.1 Å². The summed E-state index contributed by atoms with van der Waals surface area (Å²) >= 11 is 2.95. The predicted molar refractivity (Wildman–Crippen MR) is 102 cm³/mol. The second-order valence-corrected chi connectivity index (χ2v) is 7.88. The summed E-state index contributed by atoms with van der Waals surface area (Å²) in [5.41, 5.74) is 2.36. The SMILES string of the molecule is CCCCNc1nnc(SCC(=O)N(C)Cc2ccc(C)cc2)s1. The molecule has 0 aliphatic heterocycles. The van der Waals surface area contributed by atoms with Gasteiger partial charge in [0.15, 0.2) is 4.34 Å². The Morgan fingerprint density at radius 1 is 1.29 bits per heavy atom. The number of unbranched alkanes of at least 4 members (excludes halogenated alkanes) is 1. The van der Waals surface area contributed by atoms with E-state index in [1.807, 2.05) is 7.05 Å². The van der Waals surface area contributed by atoms with Gasteiger partial charge in [-0.05, 0) is 18.9 Å². The summed E-state index contributed by atoms with van der Waals surface area (Å²) in [4.78, 5) is 14.0. The summed E-state index contributed by atoms with van der Waals surface area (Å²) in [5.74, 6) is 0.475. The number of nitrogens with zero attached hydrogens (tertiary/aromatic N) is 3. The van der Waals surface area contributed by atoms with Gasteiger partial charge >= 0.3 is 0 Å². The third-order valence-electron chi connectivity index (χ3n) is 3.50. The number of carbonyl (C=O) groups is 1. The number of nitrogens with one attached hydrogen (secondary N) is 1. The standard InChI is InChI=1S/C17H24N4OS2/c1-4-5-10-18-16-19-20-17(24-16)23-12-15(22)21(3)11-14-8-6-13(2)7-9-14/h6-9H,4-5,10-12H2,1-3H3,(H,18,19). The van der Waals surface area contributed by atoms with Crippen LogP contribution in [0.25, 0.3) is 0 Å². The quantitative estimate of drug-likeness (QED) is 0.542. The lowest BCUT2D eigenvalue weighted by Crippen LogP contribution is -2.27. The number of anilines is 1. The lowest BCUT2D eigenvalue weighted by atomic mass is 10.1. The molecule has 0 spiro atoms. The molecule has 1 aromatic heterocycles. The molecule has 7 heteroatoms. The van der Waals surface area contributed by atoms with Crippen LogP contribution in [0.1, 0.15) is 30.9 Å². The lowest BCUT2D eigenvalue weighted by molar-refractivity contribution is -0.127. The third kappa shape index (κ3) is 6.13. The van der Waals surface area contributed by atoms with Gasteiger partial charge in [0.05, 0.1) is 5.75 Å². The van der Waals surface area contributed by atoms with Crippen LogP contribution < -0.4 is 5.32 Å². The van der Waals surface area contributed by atoms with Crippen molar-refractivity contribution in [1.29, 1.82) is 0 Å². The van der Waals surface area contributed by atoms with Crippen molar-refractivity contribution in [3.05, 3.63) is 35.4 Å². The van der Waals surface area contributed by atoms with Crippen molar-refractivity contribution in [3.63, 3.8) is 0 Å². The number of hydrogen-bond acceptors (Lipinski definition) is 6. The Kier molecular flexibility index (Phi) is 7.52. The predicted octanol–water partition coefficient (Wildman–Crippen LogP) is 3.81. The van der Waals surface area contributed by atoms with Gasteiger partial charge in [-0.3, -0.25) is 4.79 Å². The normalized spacial score (nSPS) is 10.6. The second kappa shape index (κ2) is 9.64. The Labute approximate surface area is 151 Å². The number of aryl methyl sites for hydroxylation is 1. The van der Waals surface area contributed by atoms with Crippen molar-refractivity contribution in [1.82, 2.24) is 15.1 Å². The number of carbonyl (C=O) groups excluding carboxylic acids is 1. The highest BCUT2D eigenvalue weighted by molar-refractivity contribution is 8.01. The fourth-order valence-electron chi connectivity index (χ4n) is 2.00. The fraction of sp³-hybridized carbons (Fsp3) is 0.471. The molecule has 5 nitrogen and oxygen atoms in total. The smallest absolute Gasteiger partial charge is 0.233 e. The minimum absolute atomic E-state index is 0.0938. The van der Waals surface area contributed by atoms with Crippen molar-refractivity contribution in [2.24, 2.45) is 0 Å². The van der Waals surface area contributed by atoms with Gasteiger partial charge in [0.25, 0.3) is 0 Å². The number of hydrogen-bond donors (Lipinski definition) is 1. The third-order valence-corrected chi connectivity index (χ3v) is 5.50. The zero-order valence-corrected chi connectivity index (χ0v) is 16.0. The molecule has 0 radical (unpaired) electrons. The molecule has 2 aromatic rings. The molecule has 1 heterocycles. The summed E-state index contributed by atoms with van der Waals surface area (Å²) in [5, 5.41) is 12.3. The number of thioether (sulfide) groups is 1. The van der Waals surface area contributed by atoms with Crippen LogP contribution >= 0.6 is 23.1 Å². The van der Waals surface area contributed by atoms with Gasteiger partial charge in [0.1, 0.15) is 0 Å². The van der Waals surface area contributed by atoms with E-state index in [0.29, 0.717) is 12.3 Å². The summed E-state index contributed by atoms with van der Waals surface area (Å²) < 4.78 is 0.825. The minimum atomic E-state index is 0.0938. The van der Waals surface area contributed by atoms with Crippen LogP contribution in [0.4, 0.5) is 5.13 Å². The summed E-state index contributed by atoms with van der Waals surface area (Å²) in [7, 11) is 1.83. The highest BCUT2D eigenvalue weighted by Crippen LogP contribution is 2.25. The zero-order chi connectivity index (χ0) is 17.4. The van der Waals surface area contributed by atoms with E-state index in [1.54, 1.807) is 4.90 Å². The van der Waals surface area contributed by atoms with E-state index < -0.39 is 0 Å². The molecule has 0 aliphatic rings. The number of amides is 1. The van der Waals surface area contributed by atoms with E-state index >= 15 is 0 Å². The number of aromatic nitrogens is 2. The summed E-state index contributed by atoms with van der Waals surface area (Å²) in [6.07, 6.45) is 2.26. The average Bonchev–Trinajstić information content (AvgIpc) is 3.03. The van der Waals surface area contributed by atoms with E-state index in [1.165, 1.54) is 28.7 Å². The van der Waals surface area contributed by atoms with Crippen LogP contribution in [0, 0.1) is 6.92 Å². The Balaban J connectivity index is 1.76. The van der Waals surface area contributed by atoms with Crippen molar-refractivity contribution in [2.45, 2.75) is 37.6 Å². The second-order valence-electron chi connectivity index (χ2n) is 5.68. The van der Waals surface area contributed by atoms with Gasteiger partial charge in [0.2, 0.25) is 11.0 Å². The van der Waals surface area contributed by atoms with Crippen molar-refractivity contribution >= 4 is 34.1 Å². The first-order chi connectivity index (χ1) is 11.6. The molecule has 2 rings (SSSR count). The van der Waals surface area contributed by atoms with Gasteiger partial charge in [-0.25, -0.2) is 0 Å². The van der Waals surface area contributed by atoms with Gasteiger partial charge in [-0.2, -0.15) is 0 Å². The Morgan fingerprint density at radius 3 is 2.75 bits per heavy atom. The van der Waals surface area contributed by atoms with Crippen LogP contribution in [0.3, 0.4) is 0 Å². The average molecular weight is 365 g/mol. The molecule has 130 valence electrons.